The van der Waals surface area contributed by atoms with E-state index in [1.54, 1.807) is 0 Å². The Labute approximate surface area is 224 Å². The van der Waals surface area contributed by atoms with Gasteiger partial charge in [0.1, 0.15) is 5.52 Å². The fourth-order valence-corrected chi connectivity index (χ4v) is 5.61. The number of fused-ring (bicyclic) bond motifs is 3. The molecule has 1 atom stereocenters. The molecule has 3 heterocycles. The van der Waals surface area contributed by atoms with Crippen molar-refractivity contribution in [2.75, 3.05) is 0 Å². The molecule has 4 aromatic rings. The van der Waals surface area contributed by atoms with Gasteiger partial charge in [-0.3, -0.25) is 10.2 Å². The fourth-order valence-electron chi connectivity index (χ4n) is 4.12. The molecule has 0 spiro atoms. The number of para-hydroxylation sites is 1. The van der Waals surface area contributed by atoms with E-state index in [1.165, 1.54) is 29.1 Å². The molecule has 0 aliphatic carbocycles. The van der Waals surface area contributed by atoms with Gasteiger partial charge in [0.05, 0.1) is 16.5 Å². The molecule has 10 heteroatoms. The number of nitrogens with zero attached hydrogens (tertiary/aromatic N) is 5. The number of amidine groups is 1. The number of aromatic nitrogens is 4. The predicted octanol–water partition coefficient (Wildman–Crippen LogP) is 5.68. The van der Waals surface area contributed by atoms with Crippen LogP contribution in [0.25, 0.3) is 27.8 Å². The van der Waals surface area contributed by atoms with Crippen molar-refractivity contribution in [1.82, 2.24) is 30.5 Å². The highest BCUT2D eigenvalue weighted by atomic mass is 32.2. The van der Waals surface area contributed by atoms with Crippen LogP contribution in [0.2, 0.25) is 0 Å². The van der Waals surface area contributed by atoms with E-state index in [9.17, 15) is 4.79 Å². The van der Waals surface area contributed by atoms with Crippen LogP contribution in [0.3, 0.4) is 0 Å². The lowest BCUT2D eigenvalue weighted by molar-refractivity contribution is -0.119. The number of hydrogen-bond donors (Lipinski definition) is 2. The maximum absolute atomic E-state index is 13.1. The highest BCUT2D eigenvalue weighted by Gasteiger charge is 2.23. The molecule has 0 fully saturated rings. The zero-order chi connectivity index (χ0) is 25.8. The molecule has 0 radical (unpaired) electrons. The molecule has 1 aliphatic rings. The van der Waals surface area contributed by atoms with Gasteiger partial charge in [-0.05, 0) is 25.8 Å². The summed E-state index contributed by atoms with van der Waals surface area (Å²) >= 11 is 2.72. The van der Waals surface area contributed by atoms with Crippen molar-refractivity contribution in [2.45, 2.75) is 57.0 Å². The second kappa shape index (κ2) is 11.4. The van der Waals surface area contributed by atoms with Gasteiger partial charge in [-0.2, -0.15) is 0 Å². The third kappa shape index (κ3) is 5.50. The highest BCUT2D eigenvalue weighted by molar-refractivity contribution is 8.16. The number of amides is 1. The number of carbonyl (C=O) groups is 1. The van der Waals surface area contributed by atoms with Gasteiger partial charge in [-0.1, -0.05) is 91.8 Å². The number of unbranched alkanes of at least 4 members (excludes halogenated alkanes) is 1. The molecular formula is C27H29N7OS2. The molecule has 2 aromatic heterocycles. The van der Waals surface area contributed by atoms with E-state index in [1.807, 2.05) is 36.6 Å². The van der Waals surface area contributed by atoms with E-state index < -0.39 is 0 Å². The molecule has 1 unspecified atom stereocenters. The van der Waals surface area contributed by atoms with Gasteiger partial charge in [0.25, 0.3) is 0 Å². The number of carbonyl (C=O) groups excluding carboxylic acids is 1. The maximum Gasteiger partial charge on any atom is 0.239 e. The summed E-state index contributed by atoms with van der Waals surface area (Å²) in [6.07, 6.45) is 2.76. The fraction of sp³-hybridized carbons (Fsp3) is 0.296. The van der Waals surface area contributed by atoms with Crippen LogP contribution >= 0.6 is 23.5 Å². The first-order valence-corrected chi connectivity index (χ1v) is 14.2. The van der Waals surface area contributed by atoms with Gasteiger partial charge in [-0.15, -0.1) is 15.3 Å². The smallest absolute Gasteiger partial charge is 0.239 e. The lowest BCUT2D eigenvalue weighted by Gasteiger charge is -2.17. The van der Waals surface area contributed by atoms with E-state index in [2.05, 4.69) is 68.7 Å². The van der Waals surface area contributed by atoms with Crippen LogP contribution in [0.1, 0.15) is 44.2 Å². The van der Waals surface area contributed by atoms with Crippen LogP contribution in [-0.2, 0) is 11.3 Å². The van der Waals surface area contributed by atoms with Gasteiger partial charge < -0.3 is 9.88 Å². The highest BCUT2D eigenvalue weighted by Crippen LogP contribution is 2.29. The molecule has 190 valence electrons. The number of aryl methyl sites for hydroxylation is 2. The predicted molar refractivity (Wildman–Crippen MR) is 153 cm³/mol. The Balaban J connectivity index is 1.29. The van der Waals surface area contributed by atoms with Gasteiger partial charge in [0.2, 0.25) is 11.1 Å². The quantitative estimate of drug-likeness (QED) is 0.282. The van der Waals surface area contributed by atoms with Crippen LogP contribution in [-0.4, -0.2) is 36.1 Å². The molecule has 1 aliphatic heterocycles. The van der Waals surface area contributed by atoms with Crippen LogP contribution < -0.4 is 10.7 Å². The molecule has 0 bridgehead atoms. The van der Waals surface area contributed by atoms with Crippen LogP contribution in [0.5, 0.6) is 0 Å². The molecule has 2 aromatic carbocycles. The van der Waals surface area contributed by atoms with Crippen molar-refractivity contribution in [2.24, 2.45) is 5.10 Å². The molecule has 2 N–H and O–H groups in total. The van der Waals surface area contributed by atoms with Gasteiger partial charge in [-0.25, -0.2) is 4.98 Å². The SMILES string of the molecule is CCCCn1c2ccccc2c2nnc(SC(CC)C(=O)NC3=NNC(c4ccc(C)cc4)=CS3)nc21. The summed E-state index contributed by atoms with van der Waals surface area (Å²) in [5.74, 6) is -0.136. The molecule has 8 nitrogen and oxygen atoms in total. The number of benzene rings is 2. The van der Waals surface area contributed by atoms with E-state index in [0.29, 0.717) is 16.7 Å². The minimum absolute atomic E-state index is 0.136. The summed E-state index contributed by atoms with van der Waals surface area (Å²) in [5.41, 5.74) is 8.91. The summed E-state index contributed by atoms with van der Waals surface area (Å²) in [6.45, 7) is 7.07. The first-order valence-electron chi connectivity index (χ1n) is 12.4. The minimum atomic E-state index is -0.376. The number of hydrogen-bond acceptors (Lipinski definition) is 8. The topological polar surface area (TPSA) is 97.1 Å². The van der Waals surface area contributed by atoms with Crippen molar-refractivity contribution >= 4 is 62.4 Å². The normalized spacial score (nSPS) is 14.2. The van der Waals surface area contributed by atoms with Crippen LogP contribution in [0, 0.1) is 6.92 Å². The maximum atomic E-state index is 13.1. The van der Waals surface area contributed by atoms with E-state index in [4.69, 9.17) is 4.98 Å². The first-order chi connectivity index (χ1) is 18.1. The number of nitrogens with one attached hydrogen (secondary N) is 2. The second-order valence-electron chi connectivity index (χ2n) is 8.84. The average molecular weight is 532 g/mol. The van der Waals surface area contributed by atoms with Gasteiger partial charge >= 0.3 is 0 Å². The average Bonchev–Trinajstić information content (AvgIpc) is 3.24. The summed E-state index contributed by atoms with van der Waals surface area (Å²) in [7, 11) is 0. The van der Waals surface area contributed by atoms with Crippen LogP contribution in [0.15, 0.2) is 64.2 Å². The third-order valence-electron chi connectivity index (χ3n) is 6.16. The summed E-state index contributed by atoms with van der Waals surface area (Å²) in [6, 6.07) is 16.4. The number of thioether (sulfide) groups is 2. The molecule has 1 amide bonds. The number of hydrazone groups is 1. The minimum Gasteiger partial charge on any atom is -0.324 e. The summed E-state index contributed by atoms with van der Waals surface area (Å²) in [5, 5.41) is 19.8. The monoisotopic (exact) mass is 531 g/mol. The van der Waals surface area contributed by atoms with Crippen molar-refractivity contribution in [3.05, 3.63) is 65.1 Å². The zero-order valence-electron chi connectivity index (χ0n) is 21.1. The van der Waals surface area contributed by atoms with Crippen LogP contribution in [0.4, 0.5) is 0 Å². The molecule has 0 saturated heterocycles. The second-order valence-corrected chi connectivity index (χ2v) is 10.9. The largest absolute Gasteiger partial charge is 0.324 e. The van der Waals surface area contributed by atoms with Crippen molar-refractivity contribution in [3.8, 4) is 0 Å². The summed E-state index contributed by atoms with van der Waals surface area (Å²) in [4.78, 5) is 17.9. The summed E-state index contributed by atoms with van der Waals surface area (Å²) < 4.78 is 2.21. The number of rotatable bonds is 8. The van der Waals surface area contributed by atoms with E-state index in [0.717, 1.165) is 52.7 Å². The third-order valence-corrected chi connectivity index (χ3v) is 8.15. The molecule has 37 heavy (non-hydrogen) atoms. The molecule has 5 rings (SSSR count). The van der Waals surface area contributed by atoms with Gasteiger partial charge in [0.15, 0.2) is 10.8 Å². The van der Waals surface area contributed by atoms with Crippen molar-refractivity contribution in [1.29, 1.82) is 0 Å². The zero-order valence-corrected chi connectivity index (χ0v) is 22.7. The Hall–Kier alpha value is -3.37. The van der Waals surface area contributed by atoms with E-state index in [-0.39, 0.29) is 11.2 Å². The van der Waals surface area contributed by atoms with Gasteiger partial charge in [0, 0.05) is 22.9 Å². The molecular weight excluding hydrogens is 502 g/mol. The standard InChI is InChI=1S/C27H29N7OS2/c1-4-6-15-34-21-10-8-7-9-19(21)23-24(34)28-27(33-31-23)37-22(5-2)25(35)29-26-32-30-20(16-36-26)18-13-11-17(3)12-14-18/h7-14,16,22,30H,4-6,15H2,1-3H3,(H,29,32,35). The van der Waals surface area contributed by atoms with Crippen molar-refractivity contribution < 1.29 is 4.79 Å². The molecule has 0 saturated carbocycles. The van der Waals surface area contributed by atoms with Crippen molar-refractivity contribution in [3.63, 3.8) is 0 Å². The Bertz CT molecular complexity index is 1490. The first kappa shape index (κ1) is 25.3. The Morgan fingerprint density at radius 2 is 1.95 bits per heavy atom. The Morgan fingerprint density at radius 1 is 1.14 bits per heavy atom. The lowest BCUT2D eigenvalue weighted by Crippen LogP contribution is -2.37. The van der Waals surface area contributed by atoms with E-state index >= 15 is 0 Å². The Morgan fingerprint density at radius 3 is 2.68 bits per heavy atom. The lowest BCUT2D eigenvalue weighted by atomic mass is 10.1. The Kier molecular flexibility index (Phi) is 7.76.